The molecule has 1 N–H and O–H groups in total. The topological polar surface area (TPSA) is 37.3 Å². The molecule has 0 aliphatic carbocycles. The highest BCUT2D eigenvalue weighted by molar-refractivity contribution is 9.10. The second kappa shape index (κ2) is 6.93. The van der Waals surface area contributed by atoms with Gasteiger partial charge in [-0.3, -0.25) is 4.79 Å². The molecule has 2 aromatic carbocycles. The Bertz CT molecular complexity index is 714. The predicted molar refractivity (Wildman–Crippen MR) is 84.7 cm³/mol. The third kappa shape index (κ3) is 4.48. The monoisotopic (exact) mass is 406 g/mol. The molecule has 7 heteroatoms. The Kier molecular flexibility index (Phi) is 5.37. The molecular weight excluding hydrogens is 397 g/mol. The van der Waals surface area contributed by atoms with E-state index in [-0.39, 0.29) is 10.9 Å². The molecule has 0 bridgehead atoms. The van der Waals surface area contributed by atoms with Crippen LogP contribution in [0.5, 0.6) is 0 Å². The van der Waals surface area contributed by atoms with Crippen LogP contribution in [0.3, 0.4) is 0 Å². The first kappa shape index (κ1) is 17.8. The van der Waals surface area contributed by atoms with E-state index in [4.69, 9.17) is 16.7 Å². The molecule has 0 unspecified atom stereocenters. The number of aliphatic carboxylic acids is 1. The van der Waals surface area contributed by atoms with Crippen LogP contribution in [0.1, 0.15) is 29.0 Å². The van der Waals surface area contributed by atoms with Crippen LogP contribution in [-0.2, 0) is 11.0 Å². The minimum absolute atomic E-state index is 0.216. The average molecular weight is 408 g/mol. The van der Waals surface area contributed by atoms with Crippen LogP contribution in [0.25, 0.3) is 0 Å². The van der Waals surface area contributed by atoms with Crippen molar-refractivity contribution < 1.29 is 23.1 Å². The Morgan fingerprint density at radius 3 is 2.26 bits per heavy atom. The molecule has 2 nitrogen and oxygen atoms in total. The van der Waals surface area contributed by atoms with Crippen molar-refractivity contribution in [3.63, 3.8) is 0 Å². The molecule has 1 atom stereocenters. The maximum absolute atomic E-state index is 12.7. The summed E-state index contributed by atoms with van der Waals surface area (Å²) >= 11 is 8.94. The number of carbonyl (C=O) groups is 1. The third-order valence-corrected chi connectivity index (χ3v) is 4.29. The van der Waals surface area contributed by atoms with Crippen LogP contribution in [-0.4, -0.2) is 11.1 Å². The van der Waals surface area contributed by atoms with Gasteiger partial charge in [0.1, 0.15) is 0 Å². The fourth-order valence-corrected chi connectivity index (χ4v) is 3.04. The second-order valence-electron chi connectivity index (χ2n) is 4.94. The zero-order chi connectivity index (χ0) is 17.2. The molecule has 2 aromatic rings. The molecule has 0 aliphatic heterocycles. The fraction of sp³-hybridized carbons (Fsp3) is 0.188. The van der Waals surface area contributed by atoms with Crippen molar-refractivity contribution in [3.8, 4) is 0 Å². The van der Waals surface area contributed by atoms with Gasteiger partial charge in [0.25, 0.3) is 0 Å². The van der Waals surface area contributed by atoms with Gasteiger partial charge in [-0.15, -0.1) is 0 Å². The SMILES string of the molecule is O=C(O)C[C@@H](c1ccc(Cl)cc1)c1ccc(C(F)(F)F)cc1Br. The maximum Gasteiger partial charge on any atom is 0.416 e. The highest BCUT2D eigenvalue weighted by atomic mass is 79.9. The van der Waals surface area contributed by atoms with Gasteiger partial charge in [-0.1, -0.05) is 45.7 Å². The summed E-state index contributed by atoms with van der Waals surface area (Å²) in [6, 6.07) is 9.77. The number of benzene rings is 2. The molecule has 0 saturated heterocycles. The van der Waals surface area contributed by atoms with Crippen LogP contribution in [0, 0.1) is 0 Å². The number of hydrogen-bond acceptors (Lipinski definition) is 1. The van der Waals surface area contributed by atoms with E-state index in [0.717, 1.165) is 12.1 Å². The highest BCUT2D eigenvalue weighted by Gasteiger charge is 2.31. The number of hydrogen-bond donors (Lipinski definition) is 1. The third-order valence-electron chi connectivity index (χ3n) is 3.35. The minimum atomic E-state index is -4.45. The van der Waals surface area contributed by atoms with Crippen LogP contribution >= 0.6 is 27.5 Å². The van der Waals surface area contributed by atoms with Gasteiger partial charge in [-0.25, -0.2) is 0 Å². The lowest BCUT2D eigenvalue weighted by Crippen LogP contribution is -2.10. The molecular formula is C16H11BrClF3O2. The summed E-state index contributed by atoms with van der Waals surface area (Å²) in [4.78, 5) is 11.1. The Balaban J connectivity index is 2.47. The summed E-state index contributed by atoms with van der Waals surface area (Å²) in [6.45, 7) is 0. The molecule has 0 saturated carbocycles. The highest BCUT2D eigenvalue weighted by Crippen LogP contribution is 2.37. The summed E-state index contributed by atoms with van der Waals surface area (Å²) in [6.07, 6.45) is -4.70. The summed E-state index contributed by atoms with van der Waals surface area (Å²) in [5.41, 5.74) is 0.346. The smallest absolute Gasteiger partial charge is 0.416 e. The minimum Gasteiger partial charge on any atom is -0.481 e. The zero-order valence-corrected chi connectivity index (χ0v) is 13.9. The number of alkyl halides is 3. The quantitative estimate of drug-likeness (QED) is 0.703. The summed E-state index contributed by atoms with van der Waals surface area (Å²) < 4.78 is 38.5. The van der Waals surface area contributed by atoms with Gasteiger partial charge < -0.3 is 5.11 Å². The van der Waals surface area contributed by atoms with Gasteiger partial charge >= 0.3 is 12.1 Å². The number of rotatable bonds is 4. The van der Waals surface area contributed by atoms with E-state index in [1.54, 1.807) is 24.3 Å². The van der Waals surface area contributed by atoms with E-state index < -0.39 is 23.6 Å². The lowest BCUT2D eigenvalue weighted by Gasteiger charge is -2.19. The first-order chi connectivity index (χ1) is 10.7. The van der Waals surface area contributed by atoms with E-state index in [1.165, 1.54) is 6.07 Å². The van der Waals surface area contributed by atoms with Crippen molar-refractivity contribution in [1.29, 1.82) is 0 Å². The molecule has 0 radical (unpaired) electrons. The Morgan fingerprint density at radius 2 is 1.78 bits per heavy atom. The Morgan fingerprint density at radius 1 is 1.17 bits per heavy atom. The summed E-state index contributed by atoms with van der Waals surface area (Å²) in [5, 5.41) is 9.61. The van der Waals surface area contributed by atoms with Crippen molar-refractivity contribution in [2.75, 3.05) is 0 Å². The van der Waals surface area contributed by atoms with Crippen molar-refractivity contribution in [1.82, 2.24) is 0 Å². The molecule has 0 aliphatic rings. The van der Waals surface area contributed by atoms with E-state index >= 15 is 0 Å². The van der Waals surface area contributed by atoms with Crippen LogP contribution in [0.2, 0.25) is 5.02 Å². The predicted octanol–water partition coefficient (Wildman–Crippen LogP) is 5.73. The lowest BCUT2D eigenvalue weighted by molar-refractivity contribution is -0.138. The molecule has 0 fully saturated rings. The molecule has 23 heavy (non-hydrogen) atoms. The van der Waals surface area contributed by atoms with Crippen molar-refractivity contribution >= 4 is 33.5 Å². The number of halogens is 5. The second-order valence-corrected chi connectivity index (χ2v) is 6.23. The van der Waals surface area contributed by atoms with Crippen LogP contribution in [0.15, 0.2) is 46.9 Å². The van der Waals surface area contributed by atoms with Gasteiger partial charge in [0, 0.05) is 15.4 Å². The van der Waals surface area contributed by atoms with Crippen LogP contribution in [0.4, 0.5) is 13.2 Å². The lowest BCUT2D eigenvalue weighted by atomic mass is 9.88. The van der Waals surface area contributed by atoms with Gasteiger partial charge in [-0.05, 0) is 35.4 Å². The fourth-order valence-electron chi connectivity index (χ4n) is 2.26. The first-order valence-corrected chi connectivity index (χ1v) is 7.69. The Labute approximate surface area is 144 Å². The van der Waals surface area contributed by atoms with Gasteiger partial charge in [-0.2, -0.15) is 13.2 Å². The largest absolute Gasteiger partial charge is 0.481 e. The molecule has 0 aromatic heterocycles. The average Bonchev–Trinajstić information content (AvgIpc) is 2.45. The van der Waals surface area contributed by atoms with Gasteiger partial charge in [0.05, 0.1) is 12.0 Å². The molecule has 0 heterocycles. The maximum atomic E-state index is 12.7. The van der Waals surface area contributed by atoms with E-state index in [9.17, 15) is 18.0 Å². The summed E-state index contributed by atoms with van der Waals surface area (Å²) in [5.74, 6) is -1.63. The van der Waals surface area contributed by atoms with E-state index in [1.807, 2.05) is 0 Å². The van der Waals surface area contributed by atoms with Gasteiger partial charge in [0.15, 0.2) is 0 Å². The number of carboxylic acids is 1. The molecule has 0 spiro atoms. The van der Waals surface area contributed by atoms with Gasteiger partial charge in [0.2, 0.25) is 0 Å². The zero-order valence-electron chi connectivity index (χ0n) is 11.6. The molecule has 2 rings (SSSR count). The van der Waals surface area contributed by atoms with E-state index in [2.05, 4.69) is 15.9 Å². The molecule has 0 amide bonds. The first-order valence-electron chi connectivity index (χ1n) is 6.52. The normalized spacial score (nSPS) is 12.9. The van der Waals surface area contributed by atoms with Crippen molar-refractivity contribution in [2.45, 2.75) is 18.5 Å². The van der Waals surface area contributed by atoms with E-state index in [0.29, 0.717) is 16.1 Å². The number of carboxylic acid groups (broad SMARTS) is 1. The standard InChI is InChI=1S/C16H11BrClF3O2/c17-14-7-10(16(19,20)21)3-6-12(14)13(8-15(22)23)9-1-4-11(18)5-2-9/h1-7,13H,8H2,(H,22,23)/t13-/m0/s1. The van der Waals surface area contributed by atoms with Crippen molar-refractivity contribution in [2.24, 2.45) is 0 Å². The Hall–Kier alpha value is -1.53. The van der Waals surface area contributed by atoms with Crippen LogP contribution < -0.4 is 0 Å². The van der Waals surface area contributed by atoms with Crippen molar-refractivity contribution in [3.05, 3.63) is 68.7 Å². The molecule has 122 valence electrons. The summed E-state index contributed by atoms with van der Waals surface area (Å²) in [7, 11) is 0.